The van der Waals surface area contributed by atoms with Crippen molar-refractivity contribution >= 4 is 0 Å². The van der Waals surface area contributed by atoms with E-state index >= 15 is 0 Å². The molecule has 0 aliphatic carbocycles. The van der Waals surface area contributed by atoms with Gasteiger partial charge in [-0.2, -0.15) is 0 Å². The minimum absolute atomic E-state index is 0.264. The quantitative estimate of drug-likeness (QED) is 0.606. The lowest BCUT2D eigenvalue weighted by Crippen LogP contribution is -2.62. The van der Waals surface area contributed by atoms with E-state index in [1.54, 1.807) is 6.08 Å². The largest absolute Gasteiger partial charge is 0.387 e. The number of rotatable bonds is 6. The lowest BCUT2D eigenvalue weighted by molar-refractivity contribution is -0.361. The van der Waals surface area contributed by atoms with E-state index in [1.807, 2.05) is 30.3 Å². The molecule has 0 spiro atoms. The van der Waals surface area contributed by atoms with Crippen LogP contribution in [0.5, 0.6) is 0 Å². The zero-order valence-electron chi connectivity index (χ0n) is 13.5. The van der Waals surface area contributed by atoms with Crippen molar-refractivity contribution in [1.82, 2.24) is 0 Å². The van der Waals surface area contributed by atoms with E-state index in [1.165, 1.54) is 0 Å². The fourth-order valence-corrected chi connectivity index (χ4v) is 2.92. The van der Waals surface area contributed by atoms with Gasteiger partial charge in [0.15, 0.2) is 12.6 Å². The average Bonchev–Trinajstić information content (AvgIpc) is 2.63. The first-order valence-electron chi connectivity index (χ1n) is 8.27. The second-order valence-corrected chi connectivity index (χ2v) is 6.00. The highest BCUT2D eigenvalue weighted by atomic mass is 16.8. The monoisotopic (exact) mass is 336 g/mol. The fraction of sp³-hybridized carbons (Fsp3) is 0.556. The van der Waals surface area contributed by atoms with Gasteiger partial charge in [0.2, 0.25) is 0 Å². The summed E-state index contributed by atoms with van der Waals surface area (Å²) >= 11 is 0. The maximum atomic E-state index is 10.4. The molecule has 24 heavy (non-hydrogen) atoms. The Morgan fingerprint density at radius 1 is 1.17 bits per heavy atom. The van der Waals surface area contributed by atoms with Crippen molar-refractivity contribution < 1.29 is 29.2 Å². The first kappa shape index (κ1) is 17.5. The van der Waals surface area contributed by atoms with Crippen LogP contribution in [0.2, 0.25) is 0 Å². The van der Waals surface area contributed by atoms with Gasteiger partial charge in [-0.1, -0.05) is 36.4 Å². The molecule has 0 unspecified atom stereocenters. The number of allylic oxidation sites excluding steroid dienone is 1. The molecule has 1 aromatic rings. The van der Waals surface area contributed by atoms with Crippen LogP contribution in [-0.4, -0.2) is 54.1 Å². The zero-order valence-corrected chi connectivity index (χ0v) is 13.5. The Hall–Kier alpha value is -1.28. The lowest BCUT2D eigenvalue weighted by Gasteiger charge is -2.46. The van der Waals surface area contributed by atoms with E-state index in [0.717, 1.165) is 18.4 Å². The van der Waals surface area contributed by atoms with Crippen molar-refractivity contribution in [2.75, 3.05) is 13.2 Å². The van der Waals surface area contributed by atoms with Gasteiger partial charge in [-0.3, -0.25) is 0 Å². The Morgan fingerprint density at radius 3 is 2.71 bits per heavy atom. The van der Waals surface area contributed by atoms with Crippen LogP contribution in [0.25, 0.3) is 0 Å². The van der Waals surface area contributed by atoms with E-state index in [-0.39, 0.29) is 6.61 Å². The third kappa shape index (κ3) is 3.85. The van der Waals surface area contributed by atoms with Gasteiger partial charge in [-0.25, -0.2) is 0 Å². The van der Waals surface area contributed by atoms with E-state index in [2.05, 4.69) is 6.58 Å². The molecular weight excluding hydrogens is 312 g/mol. The number of aliphatic hydroxyl groups is 2. The number of ether oxygens (including phenoxy) is 4. The molecule has 0 saturated carbocycles. The molecule has 0 radical (unpaired) electrons. The van der Waals surface area contributed by atoms with Gasteiger partial charge >= 0.3 is 0 Å². The van der Waals surface area contributed by atoms with Gasteiger partial charge in [0.25, 0.3) is 0 Å². The Morgan fingerprint density at radius 2 is 1.96 bits per heavy atom. The number of benzene rings is 1. The molecule has 0 amide bonds. The van der Waals surface area contributed by atoms with Crippen molar-refractivity contribution in [2.45, 2.75) is 49.8 Å². The maximum absolute atomic E-state index is 10.4. The fourth-order valence-electron chi connectivity index (χ4n) is 2.92. The minimum atomic E-state index is -1.16. The predicted molar refractivity (Wildman–Crippen MR) is 86.1 cm³/mol. The molecule has 2 N–H and O–H groups in total. The molecule has 132 valence electrons. The molecule has 6 heteroatoms. The summed E-state index contributed by atoms with van der Waals surface area (Å²) in [6, 6.07) is 9.48. The summed E-state index contributed by atoms with van der Waals surface area (Å²) in [5, 5.41) is 20.7. The summed E-state index contributed by atoms with van der Waals surface area (Å²) in [6.45, 7) is 4.34. The van der Waals surface area contributed by atoms with Gasteiger partial charge in [0, 0.05) is 5.56 Å². The molecule has 2 fully saturated rings. The molecule has 2 saturated heterocycles. The van der Waals surface area contributed by atoms with E-state index < -0.39 is 37.0 Å². The highest BCUT2D eigenvalue weighted by Gasteiger charge is 2.49. The molecule has 2 heterocycles. The number of unbranched alkanes of at least 4 members (excludes halogenated alkanes) is 1. The third-order valence-corrected chi connectivity index (χ3v) is 4.24. The summed E-state index contributed by atoms with van der Waals surface area (Å²) in [5.41, 5.74) is 0.862. The SMILES string of the molecule is C=CCCCO[C@@H]1O[C@@H]2CO[C@H](c3ccccc3)O[C@@H]2[C@H](O)[C@H]1O. The van der Waals surface area contributed by atoms with Crippen LogP contribution in [0, 0.1) is 0 Å². The minimum Gasteiger partial charge on any atom is -0.387 e. The van der Waals surface area contributed by atoms with Gasteiger partial charge in [0.1, 0.15) is 24.4 Å². The van der Waals surface area contributed by atoms with Crippen LogP contribution in [0.3, 0.4) is 0 Å². The van der Waals surface area contributed by atoms with E-state index in [0.29, 0.717) is 6.61 Å². The van der Waals surface area contributed by atoms with Gasteiger partial charge in [-0.05, 0) is 12.8 Å². The first-order chi connectivity index (χ1) is 11.7. The topological polar surface area (TPSA) is 77.4 Å². The second-order valence-electron chi connectivity index (χ2n) is 6.00. The maximum Gasteiger partial charge on any atom is 0.186 e. The molecular formula is C18H24O6. The Balaban J connectivity index is 1.60. The van der Waals surface area contributed by atoms with E-state index in [9.17, 15) is 10.2 Å². The zero-order chi connectivity index (χ0) is 16.9. The van der Waals surface area contributed by atoms with Crippen LogP contribution in [0.15, 0.2) is 43.0 Å². The summed E-state index contributed by atoms with van der Waals surface area (Å²) in [6.07, 6.45) is -1.45. The molecule has 1 aromatic carbocycles. The van der Waals surface area contributed by atoms with Crippen LogP contribution in [0.1, 0.15) is 24.7 Å². The third-order valence-electron chi connectivity index (χ3n) is 4.24. The Labute approximate surface area is 141 Å². The molecule has 2 aliphatic rings. The summed E-state index contributed by atoms with van der Waals surface area (Å²) < 4.78 is 22.8. The molecule has 6 atom stereocenters. The summed E-state index contributed by atoms with van der Waals surface area (Å²) in [7, 11) is 0. The number of fused-ring (bicyclic) bond motifs is 1. The second kappa shape index (κ2) is 8.20. The Kier molecular flexibility index (Phi) is 5.99. The van der Waals surface area contributed by atoms with Crippen molar-refractivity contribution in [3.8, 4) is 0 Å². The van der Waals surface area contributed by atoms with Crippen molar-refractivity contribution in [3.63, 3.8) is 0 Å². The van der Waals surface area contributed by atoms with E-state index in [4.69, 9.17) is 18.9 Å². The molecule has 0 bridgehead atoms. The number of hydrogen-bond donors (Lipinski definition) is 2. The highest BCUT2D eigenvalue weighted by Crippen LogP contribution is 2.34. The molecule has 0 aromatic heterocycles. The van der Waals surface area contributed by atoms with Crippen molar-refractivity contribution in [3.05, 3.63) is 48.6 Å². The summed E-state index contributed by atoms with van der Waals surface area (Å²) in [5.74, 6) is 0. The molecule has 2 aliphatic heterocycles. The van der Waals surface area contributed by atoms with Crippen LogP contribution >= 0.6 is 0 Å². The molecule has 3 rings (SSSR count). The van der Waals surface area contributed by atoms with Gasteiger partial charge < -0.3 is 29.2 Å². The smallest absolute Gasteiger partial charge is 0.186 e. The standard InChI is InChI=1S/C18H24O6/c1-2-3-7-10-21-18-15(20)14(19)16-13(23-18)11-22-17(24-16)12-8-5-4-6-9-12/h2,4-6,8-9,13-20H,1,3,7,10-11H2/t13-,14-,15-,16+,17+,18-/m1/s1. The van der Waals surface area contributed by atoms with Crippen LogP contribution < -0.4 is 0 Å². The van der Waals surface area contributed by atoms with Crippen LogP contribution in [0.4, 0.5) is 0 Å². The Bertz CT molecular complexity index is 520. The highest BCUT2D eigenvalue weighted by molar-refractivity contribution is 5.16. The average molecular weight is 336 g/mol. The lowest BCUT2D eigenvalue weighted by atomic mass is 9.98. The first-order valence-corrected chi connectivity index (χ1v) is 8.27. The van der Waals surface area contributed by atoms with Crippen LogP contribution in [-0.2, 0) is 18.9 Å². The molecule has 6 nitrogen and oxygen atoms in total. The predicted octanol–water partition coefficient (Wildman–Crippen LogP) is 1.53. The number of aliphatic hydroxyl groups excluding tert-OH is 2. The summed E-state index contributed by atoms with van der Waals surface area (Å²) in [4.78, 5) is 0. The number of hydrogen-bond acceptors (Lipinski definition) is 6. The normalized spacial score (nSPS) is 36.1. The van der Waals surface area contributed by atoms with Gasteiger partial charge in [-0.15, -0.1) is 6.58 Å². The van der Waals surface area contributed by atoms with Crippen molar-refractivity contribution in [1.29, 1.82) is 0 Å². The van der Waals surface area contributed by atoms with Crippen molar-refractivity contribution in [2.24, 2.45) is 0 Å². The van der Waals surface area contributed by atoms with Gasteiger partial charge in [0.05, 0.1) is 13.2 Å².